The molecule has 2 unspecified atom stereocenters. The number of carbonyl (C=O) groups is 1. The van der Waals surface area contributed by atoms with Crippen LogP contribution in [0.2, 0.25) is 0 Å². The first-order valence-corrected chi connectivity index (χ1v) is 20.0. The molecule has 0 aliphatic carbocycles. The van der Waals surface area contributed by atoms with Gasteiger partial charge in [0.2, 0.25) is 5.91 Å². The van der Waals surface area contributed by atoms with Crippen LogP contribution in [0.1, 0.15) is 194 Å². The fourth-order valence-corrected chi connectivity index (χ4v) is 6.42. The average molecular weight is 630 g/mol. The van der Waals surface area contributed by atoms with E-state index in [0.29, 0.717) is 6.42 Å². The number of allylic oxidation sites excluding steroid dienone is 1. The zero-order valence-corrected chi connectivity index (χ0v) is 29.2. The van der Waals surface area contributed by atoms with Crippen LogP contribution in [-0.4, -0.2) is 41.9 Å². The van der Waals surface area contributed by atoms with Crippen LogP contribution in [0.3, 0.4) is 0 Å². The Balaban J connectivity index is 3.82. The molecule has 256 valence electrons. The summed E-state index contributed by atoms with van der Waals surface area (Å²) in [7, 11) is -4.33. The van der Waals surface area contributed by atoms with E-state index in [0.717, 1.165) is 38.5 Å². The molecule has 0 spiro atoms. The summed E-state index contributed by atoms with van der Waals surface area (Å²) in [6.45, 7) is 4.46. The molecule has 0 aromatic carbocycles. The van der Waals surface area contributed by atoms with E-state index in [-0.39, 0.29) is 5.91 Å². The molecule has 0 rings (SSSR count). The lowest BCUT2D eigenvalue weighted by molar-refractivity contribution is -0.122. The number of aliphatic hydroxyl groups excluding tert-OH is 1. The number of carbonyl (C=O) groups excluding carboxylic acids is 1. The first-order valence-electron chi connectivity index (χ1n) is 18.4. The third-order valence-electron chi connectivity index (χ3n) is 8.46. The van der Waals surface area contributed by atoms with Crippen molar-refractivity contribution in [1.82, 2.24) is 5.32 Å². The monoisotopic (exact) mass is 630 g/mol. The molecule has 0 aromatic rings. The van der Waals surface area contributed by atoms with Crippen molar-refractivity contribution in [2.45, 2.75) is 206 Å². The average Bonchev–Trinajstić information content (AvgIpc) is 2.96. The second-order valence-corrected chi connectivity index (χ2v) is 14.4. The molecule has 3 N–H and O–H groups in total. The van der Waals surface area contributed by atoms with Crippen LogP contribution in [-0.2, 0) is 14.9 Å². The van der Waals surface area contributed by atoms with E-state index in [9.17, 15) is 22.9 Å². The molecule has 2 atom stereocenters. The highest BCUT2D eigenvalue weighted by molar-refractivity contribution is 7.85. The fraction of sp³-hybridized carbons (Fsp3) is 0.917. The zero-order chi connectivity index (χ0) is 31.9. The summed E-state index contributed by atoms with van der Waals surface area (Å²) in [6.07, 6.45) is 36.5. The predicted molar refractivity (Wildman–Crippen MR) is 184 cm³/mol. The van der Waals surface area contributed by atoms with E-state index >= 15 is 0 Å². The summed E-state index contributed by atoms with van der Waals surface area (Å²) >= 11 is 0. The lowest BCUT2D eigenvalue weighted by Crippen LogP contribution is -2.46. The maximum atomic E-state index is 12.3. The number of rotatable bonds is 33. The minimum atomic E-state index is -4.33. The van der Waals surface area contributed by atoms with Crippen LogP contribution < -0.4 is 5.32 Å². The molecule has 0 fully saturated rings. The Labute approximate surface area is 267 Å². The minimum absolute atomic E-state index is 0.284. The molecular formula is C36H71NO5S. The Kier molecular flexibility index (Phi) is 30.4. The van der Waals surface area contributed by atoms with E-state index in [2.05, 4.69) is 19.2 Å². The van der Waals surface area contributed by atoms with Gasteiger partial charge in [-0.1, -0.05) is 180 Å². The number of amides is 1. The second kappa shape index (κ2) is 31.1. The van der Waals surface area contributed by atoms with Gasteiger partial charge in [-0.05, 0) is 19.3 Å². The van der Waals surface area contributed by atoms with Crippen LogP contribution >= 0.6 is 0 Å². The first-order chi connectivity index (χ1) is 20.8. The van der Waals surface area contributed by atoms with E-state index < -0.39 is 28.0 Å². The Morgan fingerprint density at radius 1 is 0.605 bits per heavy atom. The number of unbranched alkanes of at least 4 members (excludes halogenated alkanes) is 25. The maximum absolute atomic E-state index is 12.3. The van der Waals surface area contributed by atoms with Crippen molar-refractivity contribution in [1.29, 1.82) is 0 Å². The van der Waals surface area contributed by atoms with Gasteiger partial charge >= 0.3 is 0 Å². The van der Waals surface area contributed by atoms with E-state index in [1.807, 2.05) is 6.08 Å². The predicted octanol–water partition coefficient (Wildman–Crippen LogP) is 10.2. The summed E-state index contributed by atoms with van der Waals surface area (Å²) in [4.78, 5) is 12.3. The Morgan fingerprint density at radius 2 is 0.953 bits per heavy atom. The van der Waals surface area contributed by atoms with Gasteiger partial charge in [0, 0.05) is 6.42 Å². The third-order valence-corrected chi connectivity index (χ3v) is 9.24. The summed E-state index contributed by atoms with van der Waals surface area (Å²) in [5, 5.41) is 13.1. The lowest BCUT2D eigenvalue weighted by Gasteiger charge is -2.21. The van der Waals surface area contributed by atoms with Crippen molar-refractivity contribution < 1.29 is 22.9 Å². The van der Waals surface area contributed by atoms with Crippen molar-refractivity contribution in [3.63, 3.8) is 0 Å². The Hall–Kier alpha value is -0.920. The van der Waals surface area contributed by atoms with Gasteiger partial charge in [-0.15, -0.1) is 0 Å². The van der Waals surface area contributed by atoms with Gasteiger partial charge in [0.15, 0.2) is 0 Å². The standard InChI is InChI=1S/C36H71NO5S/c1-3-5-7-9-11-12-13-14-15-16-17-18-19-20-21-22-23-24-26-27-29-31-35(38)34(33-43(40,41)42)37-36(39)32-30-28-25-10-8-6-4-2/h29,31,34-35,38H,3-28,30,32-33H2,1-2H3,(H,37,39)(H,40,41,42)/b31-29+. The van der Waals surface area contributed by atoms with Crippen molar-refractivity contribution in [2.24, 2.45) is 0 Å². The third kappa shape index (κ3) is 32.3. The number of hydrogen-bond donors (Lipinski definition) is 3. The summed E-state index contributed by atoms with van der Waals surface area (Å²) in [5.74, 6) is -0.978. The second-order valence-electron chi connectivity index (χ2n) is 12.9. The molecule has 0 aliphatic heterocycles. The van der Waals surface area contributed by atoms with Gasteiger partial charge in [0.1, 0.15) is 0 Å². The lowest BCUT2D eigenvalue weighted by atomic mass is 10.0. The number of hydrogen-bond acceptors (Lipinski definition) is 4. The fourth-order valence-electron chi connectivity index (χ4n) is 5.68. The Bertz CT molecular complexity index is 740. The molecule has 0 bridgehead atoms. The van der Waals surface area contributed by atoms with E-state index in [1.165, 1.54) is 135 Å². The Morgan fingerprint density at radius 3 is 1.33 bits per heavy atom. The largest absolute Gasteiger partial charge is 0.387 e. The van der Waals surface area contributed by atoms with Crippen LogP contribution in [0.25, 0.3) is 0 Å². The van der Waals surface area contributed by atoms with Gasteiger partial charge in [0.05, 0.1) is 17.9 Å². The van der Waals surface area contributed by atoms with Crippen LogP contribution in [0.5, 0.6) is 0 Å². The molecule has 0 aromatic heterocycles. The number of nitrogens with one attached hydrogen (secondary N) is 1. The molecule has 0 saturated heterocycles. The van der Waals surface area contributed by atoms with Crippen LogP contribution in [0.15, 0.2) is 12.2 Å². The highest BCUT2D eigenvalue weighted by Crippen LogP contribution is 2.15. The van der Waals surface area contributed by atoms with Crippen molar-refractivity contribution in [3.8, 4) is 0 Å². The topological polar surface area (TPSA) is 104 Å². The van der Waals surface area contributed by atoms with Crippen LogP contribution in [0, 0.1) is 0 Å². The zero-order valence-electron chi connectivity index (χ0n) is 28.3. The van der Waals surface area contributed by atoms with E-state index in [4.69, 9.17) is 0 Å². The highest BCUT2D eigenvalue weighted by atomic mass is 32.2. The van der Waals surface area contributed by atoms with Crippen molar-refractivity contribution in [2.75, 3.05) is 5.75 Å². The maximum Gasteiger partial charge on any atom is 0.267 e. The van der Waals surface area contributed by atoms with Gasteiger partial charge < -0.3 is 10.4 Å². The molecule has 0 aliphatic rings. The SMILES string of the molecule is CCCCCCCCCCCCCCCCCCCCC/C=C/C(O)C(CS(=O)(=O)O)NC(=O)CCCCCCCCC. The summed E-state index contributed by atoms with van der Waals surface area (Å²) in [5.41, 5.74) is 0. The summed E-state index contributed by atoms with van der Waals surface area (Å²) in [6, 6.07) is -1.05. The molecule has 0 heterocycles. The molecule has 0 radical (unpaired) electrons. The molecule has 6 nitrogen and oxygen atoms in total. The summed E-state index contributed by atoms with van der Waals surface area (Å²) < 4.78 is 32.2. The van der Waals surface area contributed by atoms with Gasteiger partial charge in [-0.3, -0.25) is 9.35 Å². The van der Waals surface area contributed by atoms with Gasteiger partial charge in [-0.25, -0.2) is 0 Å². The van der Waals surface area contributed by atoms with Crippen LogP contribution in [0.4, 0.5) is 0 Å². The normalized spacial score (nSPS) is 13.5. The highest BCUT2D eigenvalue weighted by Gasteiger charge is 2.24. The minimum Gasteiger partial charge on any atom is -0.387 e. The quantitative estimate of drug-likeness (QED) is 0.0381. The van der Waals surface area contributed by atoms with Gasteiger partial charge in [-0.2, -0.15) is 8.42 Å². The number of aliphatic hydroxyl groups is 1. The van der Waals surface area contributed by atoms with E-state index in [1.54, 1.807) is 6.08 Å². The van der Waals surface area contributed by atoms with Gasteiger partial charge in [0.25, 0.3) is 10.1 Å². The smallest absolute Gasteiger partial charge is 0.267 e. The molecular weight excluding hydrogens is 558 g/mol. The van der Waals surface area contributed by atoms with Crippen molar-refractivity contribution >= 4 is 16.0 Å². The first kappa shape index (κ1) is 42.1. The molecule has 1 amide bonds. The molecule has 7 heteroatoms. The molecule has 0 saturated carbocycles. The van der Waals surface area contributed by atoms with Crippen molar-refractivity contribution in [3.05, 3.63) is 12.2 Å². The molecule has 43 heavy (non-hydrogen) atoms.